The van der Waals surface area contributed by atoms with Gasteiger partial charge < -0.3 is 10.2 Å². The van der Waals surface area contributed by atoms with Gasteiger partial charge in [0.25, 0.3) is 0 Å². The summed E-state index contributed by atoms with van der Waals surface area (Å²) in [5.74, 6) is 0. The van der Waals surface area contributed by atoms with Gasteiger partial charge in [-0.2, -0.15) is 5.26 Å². The molecular formula is C10H7NO2S. The molecule has 2 rings (SSSR count). The van der Waals surface area contributed by atoms with E-state index in [1.165, 1.54) is 11.3 Å². The molecule has 0 amide bonds. The topological polar surface area (TPSA) is 64.2 Å². The van der Waals surface area contributed by atoms with Crippen LogP contribution in [0.5, 0.6) is 5.06 Å². The van der Waals surface area contributed by atoms with Crippen LogP contribution in [-0.4, -0.2) is 10.2 Å². The van der Waals surface area contributed by atoms with Crippen molar-refractivity contribution in [3.05, 3.63) is 29.3 Å². The smallest absolute Gasteiger partial charge is 0.172 e. The summed E-state index contributed by atoms with van der Waals surface area (Å²) in [6.07, 6.45) is 0. The normalized spacial score (nSPS) is 10.3. The third-order valence-corrected chi connectivity index (χ3v) is 2.87. The number of benzene rings is 1. The van der Waals surface area contributed by atoms with E-state index in [-0.39, 0.29) is 11.7 Å². The van der Waals surface area contributed by atoms with Gasteiger partial charge >= 0.3 is 0 Å². The second-order valence-electron chi connectivity index (χ2n) is 2.91. The number of hydrogen-bond donors (Lipinski definition) is 2. The molecule has 0 aliphatic rings. The highest BCUT2D eigenvalue weighted by Gasteiger charge is 2.07. The first-order valence-corrected chi connectivity index (χ1v) is 4.82. The molecule has 0 aliphatic carbocycles. The maximum Gasteiger partial charge on any atom is 0.172 e. The molecule has 0 atom stereocenters. The van der Waals surface area contributed by atoms with E-state index in [2.05, 4.69) is 0 Å². The zero-order valence-corrected chi connectivity index (χ0v) is 8.01. The average molecular weight is 205 g/mol. The molecule has 1 aromatic heterocycles. The number of fused-ring (bicyclic) bond motifs is 1. The lowest BCUT2D eigenvalue weighted by Crippen LogP contribution is -1.84. The molecule has 0 fully saturated rings. The first kappa shape index (κ1) is 9.00. The molecule has 0 bridgehead atoms. The minimum Gasteiger partial charge on any atom is -0.499 e. The summed E-state index contributed by atoms with van der Waals surface area (Å²) in [6, 6.07) is 7.02. The molecule has 0 radical (unpaired) electrons. The Hall–Kier alpha value is -1.57. The molecule has 2 aromatic rings. The van der Waals surface area contributed by atoms with Crippen LogP contribution in [-0.2, 0) is 6.61 Å². The molecule has 0 spiro atoms. The summed E-state index contributed by atoms with van der Waals surface area (Å²) in [5, 5.41) is 28.0. The second-order valence-corrected chi connectivity index (χ2v) is 3.97. The van der Waals surface area contributed by atoms with Gasteiger partial charge in [-0.1, -0.05) is 11.3 Å². The fraction of sp³-hybridized carbons (Fsp3) is 0.100. The Morgan fingerprint density at radius 2 is 2.14 bits per heavy atom. The molecule has 14 heavy (non-hydrogen) atoms. The monoisotopic (exact) mass is 205 g/mol. The molecule has 2 N–H and O–H groups in total. The number of nitriles is 1. The highest BCUT2D eigenvalue weighted by molar-refractivity contribution is 7.20. The van der Waals surface area contributed by atoms with Crippen molar-refractivity contribution in [1.82, 2.24) is 0 Å². The van der Waals surface area contributed by atoms with Gasteiger partial charge in [-0.15, -0.1) is 0 Å². The van der Waals surface area contributed by atoms with Gasteiger partial charge in [0.15, 0.2) is 5.06 Å². The van der Waals surface area contributed by atoms with Crippen LogP contribution in [0.25, 0.3) is 10.1 Å². The highest BCUT2D eigenvalue weighted by Crippen LogP contribution is 2.33. The van der Waals surface area contributed by atoms with Crippen LogP contribution in [0.3, 0.4) is 0 Å². The lowest BCUT2D eigenvalue weighted by Gasteiger charge is -1.97. The largest absolute Gasteiger partial charge is 0.499 e. The lowest BCUT2D eigenvalue weighted by molar-refractivity contribution is 0.282. The molecule has 1 heterocycles. The van der Waals surface area contributed by atoms with Crippen LogP contribution in [0, 0.1) is 11.3 Å². The van der Waals surface area contributed by atoms with E-state index in [1.807, 2.05) is 6.07 Å². The van der Waals surface area contributed by atoms with Crippen molar-refractivity contribution in [2.45, 2.75) is 6.61 Å². The third-order valence-electron chi connectivity index (χ3n) is 1.99. The SMILES string of the molecule is N#Cc1cc(CO)cc2sc(O)cc12. The molecule has 0 aliphatic heterocycles. The van der Waals surface area contributed by atoms with Crippen LogP contribution in [0.4, 0.5) is 0 Å². The number of aliphatic hydroxyl groups is 1. The second kappa shape index (κ2) is 3.29. The summed E-state index contributed by atoms with van der Waals surface area (Å²) < 4.78 is 0.825. The van der Waals surface area contributed by atoms with E-state index < -0.39 is 0 Å². The van der Waals surface area contributed by atoms with Crippen molar-refractivity contribution in [3.8, 4) is 11.1 Å². The predicted octanol–water partition coefficient (Wildman–Crippen LogP) is 1.97. The average Bonchev–Trinajstić information content (AvgIpc) is 2.56. The van der Waals surface area contributed by atoms with Crippen molar-refractivity contribution < 1.29 is 10.2 Å². The number of rotatable bonds is 1. The first-order chi connectivity index (χ1) is 6.74. The van der Waals surface area contributed by atoms with Crippen molar-refractivity contribution in [1.29, 1.82) is 5.26 Å². The van der Waals surface area contributed by atoms with Gasteiger partial charge in [-0.3, -0.25) is 0 Å². The minimum atomic E-state index is -0.0940. The van der Waals surface area contributed by atoms with E-state index in [0.717, 1.165) is 10.1 Å². The summed E-state index contributed by atoms with van der Waals surface area (Å²) >= 11 is 1.20. The van der Waals surface area contributed by atoms with E-state index in [4.69, 9.17) is 10.4 Å². The van der Waals surface area contributed by atoms with Gasteiger partial charge in [0.05, 0.1) is 18.2 Å². The van der Waals surface area contributed by atoms with Gasteiger partial charge in [-0.25, -0.2) is 0 Å². The molecule has 0 saturated carbocycles. The van der Waals surface area contributed by atoms with E-state index >= 15 is 0 Å². The zero-order valence-electron chi connectivity index (χ0n) is 7.19. The van der Waals surface area contributed by atoms with E-state index in [9.17, 15) is 5.11 Å². The predicted molar refractivity (Wildman–Crippen MR) is 54.1 cm³/mol. The summed E-state index contributed by atoms with van der Waals surface area (Å²) in [5.41, 5.74) is 1.18. The van der Waals surface area contributed by atoms with Crippen LogP contribution in [0.1, 0.15) is 11.1 Å². The van der Waals surface area contributed by atoms with Crippen molar-refractivity contribution in [2.75, 3.05) is 0 Å². The minimum absolute atomic E-state index is 0.0940. The van der Waals surface area contributed by atoms with Crippen molar-refractivity contribution in [3.63, 3.8) is 0 Å². The summed E-state index contributed by atoms with van der Waals surface area (Å²) in [4.78, 5) is 0. The zero-order chi connectivity index (χ0) is 10.1. The van der Waals surface area contributed by atoms with Crippen LogP contribution in [0.15, 0.2) is 18.2 Å². The van der Waals surface area contributed by atoms with Crippen LogP contribution >= 0.6 is 11.3 Å². The molecule has 70 valence electrons. The summed E-state index contributed by atoms with van der Waals surface area (Å²) in [7, 11) is 0. The number of aliphatic hydroxyl groups excluding tert-OH is 1. The maximum absolute atomic E-state index is 9.29. The number of nitrogens with zero attached hydrogens (tertiary/aromatic N) is 1. The Morgan fingerprint density at radius 3 is 2.79 bits per heavy atom. The molecule has 1 aromatic carbocycles. The van der Waals surface area contributed by atoms with E-state index in [1.54, 1.807) is 18.2 Å². The lowest BCUT2D eigenvalue weighted by atomic mass is 10.1. The number of hydrogen-bond acceptors (Lipinski definition) is 4. The fourth-order valence-electron chi connectivity index (χ4n) is 1.37. The highest BCUT2D eigenvalue weighted by atomic mass is 32.1. The van der Waals surface area contributed by atoms with Crippen molar-refractivity contribution in [2.24, 2.45) is 0 Å². The molecule has 3 nitrogen and oxygen atoms in total. The third kappa shape index (κ3) is 1.33. The Balaban J connectivity index is 2.80. The molecular weight excluding hydrogens is 198 g/mol. The van der Waals surface area contributed by atoms with Gasteiger partial charge in [0.1, 0.15) is 0 Å². The maximum atomic E-state index is 9.29. The summed E-state index contributed by atoms with van der Waals surface area (Å²) in [6.45, 7) is -0.0940. The molecule has 4 heteroatoms. The number of thiophene rings is 1. The Labute approximate surface area is 84.5 Å². The first-order valence-electron chi connectivity index (χ1n) is 4.01. The Morgan fingerprint density at radius 1 is 1.36 bits per heavy atom. The van der Waals surface area contributed by atoms with Crippen LogP contribution < -0.4 is 0 Å². The van der Waals surface area contributed by atoms with Gasteiger partial charge in [0.2, 0.25) is 0 Å². The molecule has 0 saturated heterocycles. The fourth-order valence-corrected chi connectivity index (χ4v) is 2.26. The van der Waals surface area contributed by atoms with Crippen molar-refractivity contribution >= 4 is 21.4 Å². The van der Waals surface area contributed by atoms with E-state index in [0.29, 0.717) is 11.1 Å². The molecule has 0 unspecified atom stereocenters. The Kier molecular flexibility index (Phi) is 2.12. The quantitative estimate of drug-likeness (QED) is 0.748. The van der Waals surface area contributed by atoms with Gasteiger partial charge in [-0.05, 0) is 17.7 Å². The van der Waals surface area contributed by atoms with Crippen LogP contribution in [0.2, 0.25) is 0 Å². The number of aromatic hydroxyl groups is 1. The van der Waals surface area contributed by atoms with Gasteiger partial charge in [0, 0.05) is 16.2 Å². The standard InChI is InChI=1S/C10H7NO2S/c11-4-7-1-6(5-12)2-9-8(7)3-10(13)14-9/h1-3,12-13H,5H2. The Bertz CT molecular complexity index is 525.